The predicted molar refractivity (Wildman–Crippen MR) is 68.2 cm³/mol. The minimum absolute atomic E-state index is 0.277. The summed E-state index contributed by atoms with van der Waals surface area (Å²) in [6, 6.07) is 6.96. The molecule has 0 fully saturated rings. The van der Waals surface area contributed by atoms with Crippen molar-refractivity contribution in [2.45, 2.75) is 6.36 Å². The van der Waals surface area contributed by atoms with Crippen LogP contribution in [0.25, 0.3) is 0 Å². The number of aromatic nitrogens is 2. The summed E-state index contributed by atoms with van der Waals surface area (Å²) in [6.45, 7) is 0. The largest absolute Gasteiger partial charge is 0.573 e. The van der Waals surface area contributed by atoms with Gasteiger partial charge in [-0.2, -0.15) is 0 Å². The molecule has 0 aliphatic carbocycles. The quantitative estimate of drug-likeness (QED) is 0.809. The van der Waals surface area contributed by atoms with Crippen molar-refractivity contribution in [3.8, 4) is 5.75 Å². The first kappa shape index (κ1) is 14.4. The summed E-state index contributed by atoms with van der Waals surface area (Å²) < 4.78 is 39.9. The van der Waals surface area contributed by atoms with Crippen molar-refractivity contribution >= 4 is 23.1 Å². The summed E-state index contributed by atoms with van der Waals surface area (Å²) >= 11 is 5.75. The van der Waals surface area contributed by atoms with E-state index in [0.29, 0.717) is 11.5 Å². The molecule has 0 atom stereocenters. The first-order valence-corrected chi connectivity index (χ1v) is 5.80. The first-order chi connectivity index (χ1) is 9.35. The Morgan fingerprint density at radius 1 is 1.15 bits per heavy atom. The van der Waals surface area contributed by atoms with Gasteiger partial charge in [-0.15, -0.1) is 13.2 Å². The van der Waals surface area contributed by atoms with Crippen molar-refractivity contribution in [2.75, 3.05) is 11.9 Å². The minimum Gasteiger partial charge on any atom is -0.406 e. The van der Waals surface area contributed by atoms with Crippen molar-refractivity contribution in [3.05, 3.63) is 41.8 Å². The Balaban J connectivity index is 2.17. The average molecular weight is 304 g/mol. The van der Waals surface area contributed by atoms with Crippen LogP contribution < -0.4 is 9.64 Å². The molecule has 0 aliphatic rings. The first-order valence-electron chi connectivity index (χ1n) is 5.42. The molecule has 0 saturated carbocycles. The standard InChI is InChI=1S/C12H9ClF3N3O/c1-19(11-6-10(13)17-7-18-11)8-2-4-9(5-3-8)20-12(14,15)16/h2-7H,1H3. The van der Waals surface area contributed by atoms with Crippen LogP contribution in [0.1, 0.15) is 0 Å². The van der Waals surface area contributed by atoms with Crippen LogP contribution >= 0.6 is 11.6 Å². The third-order valence-electron chi connectivity index (χ3n) is 2.42. The van der Waals surface area contributed by atoms with Gasteiger partial charge in [0.05, 0.1) is 0 Å². The molecule has 4 nitrogen and oxygen atoms in total. The fraction of sp³-hybridized carbons (Fsp3) is 0.167. The number of nitrogens with zero attached hydrogens (tertiary/aromatic N) is 3. The maximum atomic E-state index is 12.0. The van der Waals surface area contributed by atoms with Gasteiger partial charge >= 0.3 is 6.36 Å². The number of ether oxygens (including phenoxy) is 1. The molecule has 1 heterocycles. The van der Waals surface area contributed by atoms with Gasteiger partial charge in [0.15, 0.2) is 0 Å². The lowest BCUT2D eigenvalue weighted by atomic mass is 10.3. The van der Waals surface area contributed by atoms with Gasteiger partial charge in [-0.25, -0.2) is 9.97 Å². The normalized spacial score (nSPS) is 11.2. The second kappa shape index (κ2) is 5.54. The molecule has 0 N–H and O–H groups in total. The van der Waals surface area contributed by atoms with E-state index in [1.807, 2.05) is 0 Å². The second-order valence-corrected chi connectivity index (χ2v) is 4.19. The fourth-order valence-electron chi connectivity index (χ4n) is 1.51. The highest BCUT2D eigenvalue weighted by molar-refractivity contribution is 6.29. The maximum Gasteiger partial charge on any atom is 0.573 e. The molecule has 106 valence electrons. The summed E-state index contributed by atoms with van der Waals surface area (Å²) in [5.74, 6) is 0.241. The van der Waals surface area contributed by atoms with Crippen molar-refractivity contribution in [2.24, 2.45) is 0 Å². The molecule has 0 unspecified atom stereocenters. The van der Waals surface area contributed by atoms with E-state index in [1.54, 1.807) is 18.0 Å². The molecule has 20 heavy (non-hydrogen) atoms. The monoisotopic (exact) mass is 303 g/mol. The lowest BCUT2D eigenvalue weighted by molar-refractivity contribution is -0.274. The zero-order valence-corrected chi connectivity index (χ0v) is 11.0. The predicted octanol–water partition coefficient (Wildman–Crippen LogP) is 3.80. The molecule has 8 heteroatoms. The van der Waals surface area contributed by atoms with E-state index >= 15 is 0 Å². The van der Waals surface area contributed by atoms with E-state index in [1.165, 1.54) is 30.6 Å². The topological polar surface area (TPSA) is 38.2 Å². The number of hydrogen-bond donors (Lipinski definition) is 0. The number of alkyl halides is 3. The van der Waals surface area contributed by atoms with Crippen molar-refractivity contribution in [1.29, 1.82) is 0 Å². The van der Waals surface area contributed by atoms with Gasteiger partial charge in [-0.3, -0.25) is 0 Å². The van der Waals surface area contributed by atoms with E-state index in [2.05, 4.69) is 14.7 Å². The molecule has 0 bridgehead atoms. The van der Waals surface area contributed by atoms with E-state index in [-0.39, 0.29) is 10.9 Å². The summed E-state index contributed by atoms with van der Waals surface area (Å²) in [4.78, 5) is 9.43. The molecule has 0 spiro atoms. The zero-order chi connectivity index (χ0) is 14.8. The third-order valence-corrected chi connectivity index (χ3v) is 2.63. The Hall–Kier alpha value is -2.02. The lowest BCUT2D eigenvalue weighted by Gasteiger charge is -2.18. The van der Waals surface area contributed by atoms with Crippen molar-refractivity contribution in [1.82, 2.24) is 9.97 Å². The van der Waals surface area contributed by atoms with E-state index < -0.39 is 6.36 Å². The van der Waals surface area contributed by atoms with Crippen LogP contribution in [0.4, 0.5) is 24.7 Å². The van der Waals surface area contributed by atoms with Gasteiger partial charge in [0.25, 0.3) is 0 Å². The van der Waals surface area contributed by atoms with Crippen LogP contribution in [0.15, 0.2) is 36.7 Å². The fourth-order valence-corrected chi connectivity index (χ4v) is 1.65. The molecular weight excluding hydrogens is 295 g/mol. The van der Waals surface area contributed by atoms with Crippen LogP contribution in [-0.2, 0) is 0 Å². The number of halogens is 4. The summed E-state index contributed by atoms with van der Waals surface area (Å²) in [5, 5.41) is 0.277. The second-order valence-electron chi connectivity index (χ2n) is 3.80. The van der Waals surface area contributed by atoms with Crippen LogP contribution in [0.2, 0.25) is 5.15 Å². The third kappa shape index (κ3) is 3.74. The summed E-state index contributed by atoms with van der Waals surface area (Å²) in [5.41, 5.74) is 0.634. The van der Waals surface area contributed by atoms with Gasteiger partial charge in [-0.05, 0) is 24.3 Å². The van der Waals surface area contributed by atoms with Crippen LogP contribution in [0, 0.1) is 0 Å². The number of rotatable bonds is 3. The SMILES string of the molecule is CN(c1ccc(OC(F)(F)F)cc1)c1cc(Cl)ncn1. The maximum absolute atomic E-state index is 12.0. The van der Waals surface area contributed by atoms with E-state index in [4.69, 9.17) is 11.6 Å². The van der Waals surface area contributed by atoms with Crippen LogP contribution in [0.3, 0.4) is 0 Å². The van der Waals surface area contributed by atoms with Gasteiger partial charge in [0, 0.05) is 18.8 Å². The number of anilines is 2. The number of benzene rings is 1. The number of hydrogen-bond acceptors (Lipinski definition) is 4. The minimum atomic E-state index is -4.70. The van der Waals surface area contributed by atoms with Gasteiger partial charge in [0.2, 0.25) is 0 Å². The molecule has 2 aromatic rings. The van der Waals surface area contributed by atoms with Gasteiger partial charge in [0.1, 0.15) is 23.0 Å². The molecule has 2 rings (SSSR count). The van der Waals surface area contributed by atoms with Gasteiger partial charge < -0.3 is 9.64 Å². The highest BCUT2D eigenvalue weighted by Crippen LogP contribution is 2.27. The Bertz CT molecular complexity index is 589. The van der Waals surface area contributed by atoms with E-state index in [0.717, 1.165) is 0 Å². The molecule has 0 saturated heterocycles. The summed E-state index contributed by atoms with van der Waals surface area (Å²) in [7, 11) is 1.71. The van der Waals surface area contributed by atoms with Crippen LogP contribution in [0.5, 0.6) is 5.75 Å². The van der Waals surface area contributed by atoms with Crippen molar-refractivity contribution in [3.63, 3.8) is 0 Å². The van der Waals surface area contributed by atoms with E-state index in [9.17, 15) is 13.2 Å². The van der Waals surface area contributed by atoms with Crippen molar-refractivity contribution < 1.29 is 17.9 Å². The average Bonchev–Trinajstić information content (AvgIpc) is 2.37. The highest BCUT2D eigenvalue weighted by atomic mass is 35.5. The van der Waals surface area contributed by atoms with Crippen LogP contribution in [-0.4, -0.2) is 23.4 Å². The molecule has 0 amide bonds. The molecule has 0 radical (unpaired) electrons. The Labute approximate surface area is 117 Å². The molecule has 1 aromatic heterocycles. The molecular formula is C12H9ClF3N3O. The smallest absolute Gasteiger partial charge is 0.406 e. The molecule has 0 aliphatic heterocycles. The summed E-state index contributed by atoms with van der Waals surface area (Å²) in [6.07, 6.45) is -3.40. The highest BCUT2D eigenvalue weighted by Gasteiger charge is 2.31. The zero-order valence-electron chi connectivity index (χ0n) is 10.2. The Kier molecular flexibility index (Phi) is 3.99. The molecule has 1 aromatic carbocycles. The van der Waals surface area contributed by atoms with Gasteiger partial charge in [-0.1, -0.05) is 11.6 Å². The Morgan fingerprint density at radius 3 is 2.35 bits per heavy atom. The lowest BCUT2D eigenvalue weighted by Crippen LogP contribution is -2.17. The Morgan fingerprint density at radius 2 is 1.80 bits per heavy atom.